The van der Waals surface area contributed by atoms with Gasteiger partial charge in [0.25, 0.3) is 0 Å². The van der Waals surface area contributed by atoms with E-state index in [9.17, 15) is 0 Å². The van der Waals surface area contributed by atoms with Gasteiger partial charge < -0.3 is 9.97 Å². The summed E-state index contributed by atoms with van der Waals surface area (Å²) >= 11 is 0. The van der Waals surface area contributed by atoms with Crippen molar-refractivity contribution in [2.75, 3.05) is 0 Å². The predicted molar refractivity (Wildman–Crippen MR) is 43.5 cm³/mol. The molecule has 3 rings (SSSR count). The zero-order chi connectivity index (χ0) is 7.97. The molecule has 3 aromatic rings. The van der Waals surface area contributed by atoms with E-state index in [4.69, 9.17) is 0 Å². The number of pyridine rings is 1. The second-order valence-corrected chi connectivity index (χ2v) is 2.54. The number of hydrogen-bond acceptors (Lipinski definition) is 3. The third-order valence-electron chi connectivity index (χ3n) is 1.80. The van der Waals surface area contributed by atoms with Crippen LogP contribution in [0.3, 0.4) is 0 Å². The largest absolute Gasteiger partial charge is 0.343 e. The van der Waals surface area contributed by atoms with Crippen molar-refractivity contribution < 1.29 is 0 Å². The molecule has 0 aliphatic carbocycles. The quantitative estimate of drug-likeness (QED) is 0.510. The van der Waals surface area contributed by atoms with E-state index in [1.807, 2.05) is 6.07 Å². The molecule has 2 N–H and O–H groups in total. The Bertz CT molecular complexity index is 444. The van der Waals surface area contributed by atoms with Gasteiger partial charge in [0.05, 0.1) is 23.7 Å². The van der Waals surface area contributed by atoms with Crippen molar-refractivity contribution in [3.05, 3.63) is 18.7 Å². The van der Waals surface area contributed by atoms with Crippen LogP contribution >= 0.6 is 0 Å². The average Bonchev–Trinajstić information content (AvgIpc) is 2.64. The number of fused-ring (bicyclic) bond motifs is 2. The summed E-state index contributed by atoms with van der Waals surface area (Å²) in [6, 6.07) is 1.94. The van der Waals surface area contributed by atoms with E-state index in [0.29, 0.717) is 11.3 Å². The Morgan fingerprint density at radius 2 is 1.50 bits per heavy atom. The molecule has 0 spiro atoms. The molecule has 0 radical (unpaired) electrons. The van der Waals surface area contributed by atoms with Gasteiger partial charge in [-0.05, 0) is 6.07 Å². The number of rotatable bonds is 0. The van der Waals surface area contributed by atoms with Crippen LogP contribution in [0.4, 0.5) is 0 Å². The maximum Gasteiger partial charge on any atom is 0.179 e. The fourth-order valence-corrected chi connectivity index (χ4v) is 1.23. The van der Waals surface area contributed by atoms with Crippen LogP contribution in [0.2, 0.25) is 0 Å². The van der Waals surface area contributed by atoms with Crippen LogP contribution in [-0.2, 0) is 0 Å². The maximum atomic E-state index is 4.21. The number of aromatic amines is 2. The highest BCUT2D eigenvalue weighted by molar-refractivity contribution is 5.84. The molecule has 0 bridgehead atoms. The third kappa shape index (κ3) is 0.597. The first-order valence-corrected chi connectivity index (χ1v) is 3.57. The van der Waals surface area contributed by atoms with Crippen molar-refractivity contribution in [1.29, 1.82) is 0 Å². The molecule has 3 heterocycles. The van der Waals surface area contributed by atoms with Crippen LogP contribution in [0.25, 0.3) is 22.3 Å². The van der Waals surface area contributed by atoms with Crippen LogP contribution in [0.1, 0.15) is 0 Å². The Morgan fingerprint density at radius 3 is 2.08 bits per heavy atom. The first-order chi connectivity index (χ1) is 5.93. The lowest BCUT2D eigenvalue weighted by molar-refractivity contribution is 1.29. The number of nitrogens with zero attached hydrogens (tertiary/aromatic N) is 3. The summed E-state index contributed by atoms with van der Waals surface area (Å²) < 4.78 is 0. The minimum atomic E-state index is 0.703. The minimum Gasteiger partial charge on any atom is -0.343 e. The summed E-state index contributed by atoms with van der Waals surface area (Å²) in [4.78, 5) is 18.2. The molecule has 5 heteroatoms. The van der Waals surface area contributed by atoms with Gasteiger partial charge in [-0.2, -0.15) is 0 Å². The molecule has 58 valence electrons. The molecular formula is C7H5N5. The molecule has 12 heavy (non-hydrogen) atoms. The smallest absolute Gasteiger partial charge is 0.179 e. The second kappa shape index (κ2) is 1.82. The Kier molecular flexibility index (Phi) is 0.864. The Hall–Kier alpha value is -1.91. The second-order valence-electron chi connectivity index (χ2n) is 2.54. The lowest BCUT2D eigenvalue weighted by Crippen LogP contribution is -1.78. The van der Waals surface area contributed by atoms with E-state index < -0.39 is 0 Å². The summed E-state index contributed by atoms with van der Waals surface area (Å²) in [5.74, 6) is 0. The molecule has 0 saturated carbocycles. The fraction of sp³-hybridized carbons (Fsp3) is 0. The van der Waals surface area contributed by atoms with E-state index in [-0.39, 0.29) is 0 Å². The monoisotopic (exact) mass is 159 g/mol. The first kappa shape index (κ1) is 5.70. The molecule has 0 atom stereocenters. The van der Waals surface area contributed by atoms with Crippen molar-refractivity contribution in [3.8, 4) is 0 Å². The zero-order valence-corrected chi connectivity index (χ0v) is 6.07. The number of aromatic nitrogens is 5. The van der Waals surface area contributed by atoms with Crippen molar-refractivity contribution in [3.63, 3.8) is 0 Å². The normalized spacial score (nSPS) is 11.3. The van der Waals surface area contributed by atoms with Crippen molar-refractivity contribution in [2.45, 2.75) is 0 Å². The number of H-pyrrole nitrogens is 2. The zero-order valence-electron chi connectivity index (χ0n) is 6.07. The minimum absolute atomic E-state index is 0.703. The van der Waals surface area contributed by atoms with Gasteiger partial charge in [0, 0.05) is 0 Å². The molecule has 0 aliphatic rings. The molecule has 5 nitrogen and oxygen atoms in total. The Balaban J connectivity index is 2.62. The highest BCUT2D eigenvalue weighted by Crippen LogP contribution is 2.12. The SMILES string of the molecule is c1nc2nc3nc[nH]c3cc2[nH]1. The van der Waals surface area contributed by atoms with E-state index in [0.717, 1.165) is 11.0 Å². The summed E-state index contributed by atoms with van der Waals surface area (Å²) in [6.45, 7) is 0. The van der Waals surface area contributed by atoms with Crippen LogP contribution < -0.4 is 0 Å². The van der Waals surface area contributed by atoms with Gasteiger partial charge in [-0.1, -0.05) is 0 Å². The van der Waals surface area contributed by atoms with Crippen LogP contribution in [0.5, 0.6) is 0 Å². The standard InChI is InChI=1S/C7H5N5/c1-4-6(10-2-8-4)12-7-5(1)9-3-11-7/h1-3H,(H2,8,9,10,11,12). The van der Waals surface area contributed by atoms with Crippen LogP contribution in [0.15, 0.2) is 18.7 Å². The summed E-state index contributed by atoms with van der Waals surface area (Å²) in [5, 5.41) is 0. The van der Waals surface area contributed by atoms with Crippen LogP contribution in [0, 0.1) is 0 Å². The van der Waals surface area contributed by atoms with Gasteiger partial charge in [0.2, 0.25) is 0 Å². The van der Waals surface area contributed by atoms with E-state index in [1.165, 1.54) is 0 Å². The van der Waals surface area contributed by atoms with Crippen LogP contribution in [-0.4, -0.2) is 24.9 Å². The summed E-state index contributed by atoms with van der Waals surface area (Å²) in [5.41, 5.74) is 3.25. The van der Waals surface area contributed by atoms with Gasteiger partial charge in [0.15, 0.2) is 11.3 Å². The van der Waals surface area contributed by atoms with Crippen molar-refractivity contribution >= 4 is 22.3 Å². The maximum absolute atomic E-state index is 4.21. The average molecular weight is 159 g/mol. The molecule has 0 amide bonds. The first-order valence-electron chi connectivity index (χ1n) is 3.57. The van der Waals surface area contributed by atoms with Crippen molar-refractivity contribution in [2.24, 2.45) is 0 Å². The molecule has 0 saturated heterocycles. The molecule has 0 aromatic carbocycles. The third-order valence-corrected chi connectivity index (χ3v) is 1.80. The van der Waals surface area contributed by atoms with E-state index in [1.54, 1.807) is 12.7 Å². The number of nitrogens with one attached hydrogen (secondary N) is 2. The lowest BCUT2D eigenvalue weighted by atomic mass is 10.4. The molecule has 3 aromatic heterocycles. The fourth-order valence-electron chi connectivity index (χ4n) is 1.23. The van der Waals surface area contributed by atoms with Gasteiger partial charge in [0.1, 0.15) is 0 Å². The lowest BCUT2D eigenvalue weighted by Gasteiger charge is -1.86. The van der Waals surface area contributed by atoms with Gasteiger partial charge >= 0.3 is 0 Å². The summed E-state index contributed by atoms with van der Waals surface area (Å²) in [6.07, 6.45) is 3.24. The molecule has 0 aliphatic heterocycles. The molecule has 0 fully saturated rings. The van der Waals surface area contributed by atoms with Gasteiger partial charge in [-0.15, -0.1) is 0 Å². The van der Waals surface area contributed by atoms with Crippen molar-refractivity contribution in [1.82, 2.24) is 24.9 Å². The van der Waals surface area contributed by atoms with Gasteiger partial charge in [-0.25, -0.2) is 15.0 Å². The van der Waals surface area contributed by atoms with Gasteiger partial charge in [-0.3, -0.25) is 0 Å². The molecular weight excluding hydrogens is 154 g/mol. The highest BCUT2D eigenvalue weighted by atomic mass is 15.0. The van der Waals surface area contributed by atoms with E-state index in [2.05, 4.69) is 24.9 Å². The Labute approximate surface area is 66.9 Å². The number of hydrogen-bond donors (Lipinski definition) is 2. The highest BCUT2D eigenvalue weighted by Gasteiger charge is 2.01. The number of imidazole rings is 2. The predicted octanol–water partition coefficient (Wildman–Crippen LogP) is 0.834. The Morgan fingerprint density at radius 1 is 0.917 bits per heavy atom. The van der Waals surface area contributed by atoms with E-state index >= 15 is 0 Å². The summed E-state index contributed by atoms with van der Waals surface area (Å²) in [7, 11) is 0. The molecule has 0 unspecified atom stereocenters. The topological polar surface area (TPSA) is 70.2 Å².